The van der Waals surface area contributed by atoms with Crippen molar-refractivity contribution in [1.29, 1.82) is 0 Å². The first-order chi connectivity index (χ1) is 5.88. The monoisotopic (exact) mass is 405 g/mol. The maximum Gasteiger partial charge on any atom is 0.0343 e. The minimum Gasteiger partial charge on any atom is -0.540 e. The summed E-state index contributed by atoms with van der Waals surface area (Å²) in [6.45, 7) is 3.20. The molecule has 0 aliphatic rings. The van der Waals surface area contributed by atoms with Crippen molar-refractivity contribution in [2.75, 3.05) is 18.0 Å². The van der Waals surface area contributed by atoms with Crippen molar-refractivity contribution in [3.8, 4) is 0 Å². The molecule has 2 nitrogen and oxygen atoms in total. The van der Waals surface area contributed by atoms with E-state index in [-0.39, 0.29) is 0 Å². The summed E-state index contributed by atoms with van der Waals surface area (Å²) in [6.07, 6.45) is 1.89. The zero-order chi connectivity index (χ0) is 8.81. The van der Waals surface area contributed by atoms with Gasteiger partial charge in [0.05, 0.1) is 0 Å². The van der Waals surface area contributed by atoms with Crippen LogP contribution in [0.2, 0.25) is 0 Å². The molecule has 0 saturated carbocycles. The third-order valence-corrected chi connectivity index (χ3v) is 1.76. The summed E-state index contributed by atoms with van der Waals surface area (Å²) >= 11 is 0. The molecule has 1 aromatic carbocycles. The van der Waals surface area contributed by atoms with Crippen LogP contribution in [-0.4, -0.2) is 19.4 Å². The summed E-state index contributed by atoms with van der Waals surface area (Å²) in [7, 11) is 0. The molecule has 0 aliphatic carbocycles. The molecule has 0 atom stereocenters. The molecule has 0 amide bonds. The molecule has 0 spiro atoms. The molecule has 0 saturated heterocycles. The Hall–Kier alpha value is -2.31. The van der Waals surface area contributed by atoms with E-state index in [1.807, 2.05) is 48.4 Å². The molecule has 0 radical (unpaired) electrons. The van der Waals surface area contributed by atoms with E-state index in [0.29, 0.717) is 6.54 Å². The van der Waals surface area contributed by atoms with Gasteiger partial charge in [-0.2, -0.15) is 0 Å². The summed E-state index contributed by atoms with van der Waals surface area (Å²) in [4.78, 5) is 12.1. The molecule has 0 heterocycles. The van der Waals surface area contributed by atoms with Crippen molar-refractivity contribution in [1.82, 2.24) is 0 Å². The number of para-hydroxylation sites is 1. The summed E-state index contributed by atoms with van der Waals surface area (Å²) in [5.74, 6) is 0. The first-order valence-corrected chi connectivity index (χ1v) is 4.03. The van der Waals surface area contributed by atoms with Gasteiger partial charge in [-0.05, 0) is 19.1 Å². The van der Waals surface area contributed by atoms with Crippen molar-refractivity contribution in [2.45, 2.75) is 6.92 Å². The molecule has 0 aromatic heterocycles. The number of anilines is 1. The molecular formula is C10H12CmNO-. The van der Waals surface area contributed by atoms with Gasteiger partial charge in [0.25, 0.3) is 0 Å². The Morgan fingerprint density at radius 3 is 2.38 bits per heavy atom. The van der Waals surface area contributed by atoms with E-state index >= 15 is 0 Å². The Labute approximate surface area is 72.8 Å². The van der Waals surface area contributed by atoms with E-state index < -0.39 is 0 Å². The average Bonchev–Trinajstić information content (AvgIpc) is 2.15. The van der Waals surface area contributed by atoms with Crippen molar-refractivity contribution >= 4 is 12.0 Å². The summed E-state index contributed by atoms with van der Waals surface area (Å²) < 4.78 is 0. The second-order valence-electron chi connectivity index (χ2n) is 2.49. The third kappa shape index (κ3) is 2.66. The smallest absolute Gasteiger partial charge is 0.0343 e. The number of benzene rings is 1. The molecular weight excluding hydrogens is 397 g/mol. The van der Waals surface area contributed by atoms with Gasteiger partial charge >= 0.3 is 0 Å². The second-order valence-corrected chi connectivity index (χ2v) is 2.49. The average molecular weight is 409 g/mol. The molecule has 0 fully saturated rings. The number of hydrogen-bond acceptors (Lipinski definition) is 2. The zero-order valence-electron chi connectivity index (χ0n) is 7.51. The molecule has 72 valence electrons. The van der Waals surface area contributed by atoms with E-state index in [0.717, 1.165) is 12.2 Å². The number of likely N-dealkylation sites (N-methyl/N-ethyl adjacent to an activating group) is 1. The fraction of sp³-hybridized carbons (Fsp3) is 0.300. The largest absolute Gasteiger partial charge is 0.540 e. The summed E-state index contributed by atoms with van der Waals surface area (Å²) in [5, 5.41) is 0. The fourth-order valence-corrected chi connectivity index (χ4v) is 1.10. The van der Waals surface area contributed by atoms with Gasteiger partial charge in [0.15, 0.2) is 0 Å². The molecule has 0 bridgehead atoms. The molecule has 13 heavy (non-hydrogen) atoms. The molecule has 0 N–H and O–H groups in total. The van der Waals surface area contributed by atoms with Crippen LogP contribution in [0.15, 0.2) is 30.3 Å². The van der Waals surface area contributed by atoms with Crippen molar-refractivity contribution in [2.24, 2.45) is 0 Å². The van der Waals surface area contributed by atoms with Gasteiger partial charge in [-0.1, -0.05) is 24.7 Å². The Morgan fingerprint density at radius 1 is 1.31 bits per heavy atom. The molecule has 0 aliphatic heterocycles. The molecule has 1 aromatic rings. The summed E-state index contributed by atoms with van der Waals surface area (Å²) in [6, 6.07) is 9.86. The van der Waals surface area contributed by atoms with Gasteiger partial charge in [0, 0.05) is 12.2 Å². The van der Waals surface area contributed by atoms with E-state index in [2.05, 4.69) is 0 Å². The topological polar surface area (TPSA) is 20.3 Å². The minimum atomic E-state index is 0. The third-order valence-electron chi connectivity index (χ3n) is 1.76. The molecule has 0 unspecified atom stereocenters. The molecule has 3 heteroatoms. The fourth-order valence-electron chi connectivity index (χ4n) is 1.10. The SMILES string of the molecule is CCN(C[C-]=O)c1ccccc1.[Cm]. The van der Waals surface area contributed by atoms with E-state index in [1.54, 1.807) is 0 Å². The van der Waals surface area contributed by atoms with Crippen LogP contribution in [0.5, 0.6) is 0 Å². The van der Waals surface area contributed by atoms with Crippen LogP contribution in [-0.2, 0) is 4.79 Å². The van der Waals surface area contributed by atoms with Crippen molar-refractivity contribution in [3.05, 3.63) is 30.3 Å². The Bertz CT molecular complexity index is 238. The van der Waals surface area contributed by atoms with Gasteiger partial charge in [0.2, 0.25) is 0 Å². The van der Waals surface area contributed by atoms with Crippen LogP contribution >= 0.6 is 0 Å². The van der Waals surface area contributed by atoms with Crippen molar-refractivity contribution < 1.29 is 4.79 Å². The van der Waals surface area contributed by atoms with Crippen LogP contribution < -0.4 is 4.90 Å². The van der Waals surface area contributed by atoms with Crippen molar-refractivity contribution in [3.63, 3.8) is 0 Å². The number of hydrogen-bond donors (Lipinski definition) is 0. The van der Waals surface area contributed by atoms with Crippen LogP contribution in [0.25, 0.3) is 0 Å². The first-order valence-electron chi connectivity index (χ1n) is 4.03. The van der Waals surface area contributed by atoms with Crippen LogP contribution in [0.1, 0.15) is 6.92 Å². The van der Waals surface area contributed by atoms with E-state index in [9.17, 15) is 4.79 Å². The predicted molar refractivity (Wildman–Crippen MR) is 50.0 cm³/mol. The Kier molecular flexibility index (Phi) is 4.40. The standard InChI is InChI=1S/C10H12NO.Cm/c1-2-11(8-9-12)10-6-4-3-5-7-10;/h3-7H,2,8H2,1H3;/q-1;. The maximum absolute atomic E-state index is 10.2. The van der Waals surface area contributed by atoms with Crippen LogP contribution in [0.4, 0.5) is 5.69 Å². The van der Waals surface area contributed by atoms with Crippen LogP contribution in [0.3, 0.4) is 0 Å². The van der Waals surface area contributed by atoms with Gasteiger partial charge < -0.3 is 9.69 Å². The predicted octanol–water partition coefficient (Wildman–Crippen LogP) is 1.62. The second kappa shape index (κ2) is 5.35. The number of nitrogens with zero attached hydrogens (tertiary/aromatic N) is 1. The first kappa shape index (κ1) is 10.7. The zero-order valence-corrected chi connectivity index (χ0v) is 10.5. The van der Waals surface area contributed by atoms with Gasteiger partial charge in [0.1, 0.15) is 0 Å². The summed E-state index contributed by atoms with van der Waals surface area (Å²) in [5.41, 5.74) is 1.07. The van der Waals surface area contributed by atoms with Crippen LogP contribution in [0, 0.1) is 0 Å². The van der Waals surface area contributed by atoms with Gasteiger partial charge in [-0.15, -0.1) is 0 Å². The van der Waals surface area contributed by atoms with E-state index in [4.69, 9.17) is 0 Å². The van der Waals surface area contributed by atoms with Gasteiger partial charge in [-0.25, -0.2) is 6.29 Å². The quantitative estimate of drug-likeness (QED) is 0.705. The maximum atomic E-state index is 10.2. The number of carbonyl (C=O) groups excluding carboxylic acids is 1. The Balaban J connectivity index is 0.00000144. The molecule has 1 rings (SSSR count). The normalized spacial score (nSPS) is 8.69. The van der Waals surface area contributed by atoms with Gasteiger partial charge in [-0.3, -0.25) is 0 Å². The number of rotatable bonds is 4. The Morgan fingerprint density at radius 2 is 1.92 bits per heavy atom. The van der Waals surface area contributed by atoms with E-state index in [1.165, 1.54) is 0 Å². The minimum absolute atomic E-state index is 0.